The predicted molar refractivity (Wildman–Crippen MR) is 54.6 cm³/mol. The molecule has 0 atom stereocenters. The number of rotatable bonds is 7. The third-order valence-corrected chi connectivity index (χ3v) is 1.97. The summed E-state index contributed by atoms with van der Waals surface area (Å²) in [7, 11) is 0. The smallest absolute Gasteiger partial charge is 0.336 e. The molecule has 0 radical (unpaired) electrons. The van der Waals surface area contributed by atoms with Gasteiger partial charge in [0.1, 0.15) is 0 Å². The molecule has 0 bridgehead atoms. The Morgan fingerprint density at radius 2 is 1.93 bits per heavy atom. The van der Waals surface area contributed by atoms with Crippen LogP contribution in [0.15, 0.2) is 11.9 Å². The largest absolute Gasteiger partial charge is 0.462 e. The van der Waals surface area contributed by atoms with Gasteiger partial charge in [-0.3, -0.25) is 0 Å². The molecule has 0 fully saturated rings. The van der Waals surface area contributed by atoms with Crippen molar-refractivity contribution in [2.24, 2.45) is 0 Å². The molecule has 0 aromatic heterocycles. The fourth-order valence-corrected chi connectivity index (χ4v) is 1.03. The van der Waals surface area contributed by atoms with E-state index in [1.807, 2.05) is 0 Å². The van der Waals surface area contributed by atoms with Gasteiger partial charge in [0.15, 0.2) is 0 Å². The van der Waals surface area contributed by atoms with Gasteiger partial charge >= 0.3 is 5.97 Å². The van der Waals surface area contributed by atoms with Gasteiger partial charge in [0.05, 0.1) is 18.5 Å². The molecule has 0 amide bonds. The van der Waals surface area contributed by atoms with E-state index in [0.717, 1.165) is 12.8 Å². The fourth-order valence-electron chi connectivity index (χ4n) is 1.03. The van der Waals surface area contributed by atoms with Crippen molar-refractivity contribution in [1.82, 2.24) is 0 Å². The second-order valence-corrected chi connectivity index (χ2v) is 3.34. The molecule has 0 aliphatic rings. The number of esters is 1. The molecule has 0 aliphatic carbocycles. The van der Waals surface area contributed by atoms with E-state index < -0.39 is 5.97 Å². The summed E-state index contributed by atoms with van der Waals surface area (Å²) in [5.74, 6) is -0.553. The minimum atomic E-state index is -0.553. The summed E-state index contributed by atoms with van der Waals surface area (Å²) in [5.41, 5.74) is 0.0264. The molecular weight excluding hydrogens is 183 g/mol. The van der Waals surface area contributed by atoms with E-state index in [1.54, 1.807) is 0 Å². The number of carbonyl (C=O) groups excluding carboxylic acids is 1. The van der Waals surface area contributed by atoms with Crippen LogP contribution < -0.4 is 0 Å². The minimum absolute atomic E-state index is 0.0264. The number of hydrogen-bond acceptors (Lipinski definition) is 2. The standard InChI is InChI=1S/C11H19FO2/c1-3-4-5-6-7-8-14-11(13)10(2)9-12/h9H,3-8H2,1-2H3. The van der Waals surface area contributed by atoms with Crippen LogP contribution in [0.3, 0.4) is 0 Å². The average Bonchev–Trinajstić information content (AvgIpc) is 2.21. The normalized spacial score (nSPS) is 11.5. The third-order valence-electron chi connectivity index (χ3n) is 1.97. The molecule has 0 unspecified atom stereocenters. The molecule has 14 heavy (non-hydrogen) atoms. The maximum Gasteiger partial charge on any atom is 0.336 e. The van der Waals surface area contributed by atoms with Crippen LogP contribution in [0.4, 0.5) is 4.39 Å². The third kappa shape index (κ3) is 6.63. The van der Waals surface area contributed by atoms with Crippen molar-refractivity contribution in [2.75, 3.05) is 6.61 Å². The fraction of sp³-hybridized carbons (Fsp3) is 0.727. The summed E-state index contributed by atoms with van der Waals surface area (Å²) in [6.45, 7) is 3.95. The molecule has 0 N–H and O–H groups in total. The molecule has 0 aromatic carbocycles. The predicted octanol–water partition coefficient (Wildman–Crippen LogP) is 3.37. The molecule has 0 aromatic rings. The van der Waals surface area contributed by atoms with Gasteiger partial charge in [-0.25, -0.2) is 9.18 Å². The van der Waals surface area contributed by atoms with Gasteiger partial charge < -0.3 is 4.74 Å². The first-order valence-corrected chi connectivity index (χ1v) is 5.16. The van der Waals surface area contributed by atoms with Crippen molar-refractivity contribution in [3.8, 4) is 0 Å². The highest BCUT2D eigenvalue weighted by Gasteiger charge is 2.04. The van der Waals surface area contributed by atoms with Crippen molar-refractivity contribution in [3.05, 3.63) is 11.9 Å². The number of hydrogen-bond donors (Lipinski definition) is 0. The Balaban J connectivity index is 3.32. The molecule has 0 spiro atoms. The van der Waals surface area contributed by atoms with Gasteiger partial charge in [0.25, 0.3) is 0 Å². The lowest BCUT2D eigenvalue weighted by Crippen LogP contribution is -2.06. The second-order valence-electron chi connectivity index (χ2n) is 3.34. The van der Waals surface area contributed by atoms with E-state index in [-0.39, 0.29) is 11.9 Å². The molecule has 0 rings (SSSR count). The lowest BCUT2D eigenvalue weighted by molar-refractivity contribution is -0.139. The van der Waals surface area contributed by atoms with Crippen LogP contribution in [0.1, 0.15) is 46.0 Å². The molecule has 82 valence electrons. The maximum absolute atomic E-state index is 11.8. The van der Waals surface area contributed by atoms with Crippen LogP contribution in [0.25, 0.3) is 0 Å². The first-order valence-electron chi connectivity index (χ1n) is 5.16. The van der Waals surface area contributed by atoms with Crippen molar-refractivity contribution in [3.63, 3.8) is 0 Å². The highest BCUT2D eigenvalue weighted by atomic mass is 19.1. The summed E-state index contributed by atoms with van der Waals surface area (Å²) in [6.07, 6.45) is 5.80. The van der Waals surface area contributed by atoms with E-state index in [9.17, 15) is 9.18 Å². The highest BCUT2D eigenvalue weighted by molar-refractivity contribution is 5.87. The number of ether oxygens (including phenoxy) is 1. The SMILES string of the molecule is CCCCCCCOC(=O)C(C)=CF. The van der Waals surface area contributed by atoms with Gasteiger partial charge in [0, 0.05) is 0 Å². The van der Waals surface area contributed by atoms with E-state index in [4.69, 9.17) is 4.74 Å². The topological polar surface area (TPSA) is 26.3 Å². The monoisotopic (exact) mass is 202 g/mol. The Kier molecular flexibility index (Phi) is 8.19. The Hall–Kier alpha value is -0.860. The molecule has 0 saturated heterocycles. The van der Waals surface area contributed by atoms with Crippen molar-refractivity contribution < 1.29 is 13.9 Å². The van der Waals surface area contributed by atoms with Gasteiger partial charge in [-0.15, -0.1) is 0 Å². The molecule has 3 heteroatoms. The quantitative estimate of drug-likeness (QED) is 0.359. The van der Waals surface area contributed by atoms with Crippen LogP contribution in [0.5, 0.6) is 0 Å². The minimum Gasteiger partial charge on any atom is -0.462 e. The van der Waals surface area contributed by atoms with Crippen LogP contribution in [-0.4, -0.2) is 12.6 Å². The lowest BCUT2D eigenvalue weighted by atomic mass is 10.2. The van der Waals surface area contributed by atoms with Crippen molar-refractivity contribution >= 4 is 5.97 Å². The van der Waals surface area contributed by atoms with E-state index in [0.29, 0.717) is 6.61 Å². The zero-order chi connectivity index (χ0) is 10.8. The lowest BCUT2D eigenvalue weighted by Gasteiger charge is -2.03. The summed E-state index contributed by atoms with van der Waals surface area (Å²) >= 11 is 0. The maximum atomic E-state index is 11.8. The zero-order valence-corrected chi connectivity index (χ0v) is 9.01. The molecule has 0 saturated carbocycles. The highest BCUT2D eigenvalue weighted by Crippen LogP contribution is 2.03. The van der Waals surface area contributed by atoms with E-state index in [1.165, 1.54) is 26.2 Å². The molecule has 0 heterocycles. The number of halogens is 1. The molecule has 2 nitrogen and oxygen atoms in total. The van der Waals surface area contributed by atoms with Crippen LogP contribution in [-0.2, 0) is 9.53 Å². The van der Waals surface area contributed by atoms with Crippen LogP contribution >= 0.6 is 0 Å². The Labute approximate surface area is 85.1 Å². The van der Waals surface area contributed by atoms with E-state index >= 15 is 0 Å². The average molecular weight is 202 g/mol. The van der Waals surface area contributed by atoms with Crippen LogP contribution in [0.2, 0.25) is 0 Å². The van der Waals surface area contributed by atoms with Gasteiger partial charge in [-0.1, -0.05) is 32.6 Å². The Morgan fingerprint density at radius 3 is 2.50 bits per heavy atom. The van der Waals surface area contributed by atoms with Gasteiger partial charge in [-0.05, 0) is 13.3 Å². The second kappa shape index (κ2) is 8.73. The van der Waals surface area contributed by atoms with Gasteiger partial charge in [-0.2, -0.15) is 0 Å². The van der Waals surface area contributed by atoms with Crippen molar-refractivity contribution in [2.45, 2.75) is 46.0 Å². The molecular formula is C11H19FO2. The zero-order valence-electron chi connectivity index (χ0n) is 9.01. The number of unbranched alkanes of at least 4 members (excludes halogenated alkanes) is 4. The Bertz CT molecular complexity index is 188. The summed E-state index contributed by atoms with van der Waals surface area (Å²) < 4.78 is 16.7. The van der Waals surface area contributed by atoms with Crippen LogP contribution in [0, 0.1) is 0 Å². The first-order chi connectivity index (χ1) is 6.72. The summed E-state index contributed by atoms with van der Waals surface area (Å²) in [6, 6.07) is 0. The summed E-state index contributed by atoms with van der Waals surface area (Å²) in [4.78, 5) is 10.9. The Morgan fingerprint density at radius 1 is 1.29 bits per heavy atom. The number of carbonyl (C=O) groups is 1. The molecule has 0 aliphatic heterocycles. The van der Waals surface area contributed by atoms with Gasteiger partial charge in [0.2, 0.25) is 0 Å². The van der Waals surface area contributed by atoms with E-state index in [2.05, 4.69) is 6.92 Å². The first kappa shape index (κ1) is 13.1. The van der Waals surface area contributed by atoms with Crippen molar-refractivity contribution in [1.29, 1.82) is 0 Å². The summed E-state index contributed by atoms with van der Waals surface area (Å²) in [5, 5.41) is 0.